The maximum Gasteiger partial charge on any atom is 0.340 e. The fourth-order valence-corrected chi connectivity index (χ4v) is 6.79. The number of rotatable bonds is 10. The van der Waals surface area contributed by atoms with Gasteiger partial charge in [0.1, 0.15) is 24.6 Å². The van der Waals surface area contributed by atoms with E-state index in [1.165, 1.54) is 29.4 Å². The van der Waals surface area contributed by atoms with Crippen LogP contribution in [0.4, 0.5) is 5.82 Å². The number of benzene rings is 1. The number of hydrogen-bond acceptors (Lipinski definition) is 12. The lowest BCUT2D eigenvalue weighted by Crippen LogP contribution is -2.33. The van der Waals surface area contributed by atoms with Gasteiger partial charge in [0.2, 0.25) is 10.0 Å². The molecular formula is C18H24N6O11P2S. The van der Waals surface area contributed by atoms with Crippen LogP contribution < -0.4 is 10.5 Å². The van der Waals surface area contributed by atoms with Gasteiger partial charge in [0.05, 0.1) is 17.8 Å². The summed E-state index contributed by atoms with van der Waals surface area (Å²) >= 11 is 0. The number of aromatic nitrogens is 4. The average Bonchev–Trinajstić information content (AvgIpc) is 3.36. The maximum absolute atomic E-state index is 11.9. The number of sulfonamides is 1. The van der Waals surface area contributed by atoms with Gasteiger partial charge in [0.25, 0.3) is 0 Å². The number of imidazole rings is 1. The molecule has 5 atom stereocenters. The molecule has 1 aliphatic heterocycles. The number of ether oxygens (including phenoxy) is 1. The fraction of sp³-hybridized carbons (Fsp3) is 0.389. The average molecular weight is 594 g/mol. The second-order valence-corrected chi connectivity index (χ2v) is 13.9. The Morgan fingerprint density at radius 1 is 1.08 bits per heavy atom. The van der Waals surface area contributed by atoms with Crippen LogP contribution in [0.2, 0.25) is 0 Å². The van der Waals surface area contributed by atoms with Crippen molar-refractivity contribution in [2.75, 3.05) is 17.8 Å². The van der Waals surface area contributed by atoms with Crippen LogP contribution in [0, 0.1) is 0 Å². The summed E-state index contributed by atoms with van der Waals surface area (Å²) in [6.45, 7) is -0.498. The van der Waals surface area contributed by atoms with E-state index in [9.17, 15) is 32.7 Å². The van der Waals surface area contributed by atoms with Crippen molar-refractivity contribution in [2.24, 2.45) is 5.14 Å². The van der Waals surface area contributed by atoms with E-state index in [1.54, 1.807) is 12.1 Å². The van der Waals surface area contributed by atoms with Crippen molar-refractivity contribution < 1.29 is 51.7 Å². The molecule has 0 spiro atoms. The monoisotopic (exact) mass is 594 g/mol. The molecule has 17 nitrogen and oxygen atoms in total. The number of aliphatic hydroxyl groups excluding tert-OH is 2. The Morgan fingerprint density at radius 3 is 2.39 bits per heavy atom. The molecule has 0 amide bonds. The van der Waals surface area contributed by atoms with Crippen molar-refractivity contribution in [3.8, 4) is 0 Å². The zero-order valence-corrected chi connectivity index (χ0v) is 21.9. The highest BCUT2D eigenvalue weighted by atomic mass is 32.2. The predicted molar refractivity (Wildman–Crippen MR) is 129 cm³/mol. The lowest BCUT2D eigenvalue weighted by atomic mass is 10.1. The summed E-state index contributed by atoms with van der Waals surface area (Å²) in [5.41, 5.74) is 1.20. The number of anilines is 1. The molecule has 1 aliphatic rings. The lowest BCUT2D eigenvalue weighted by molar-refractivity contribution is -0.0483. The van der Waals surface area contributed by atoms with Crippen LogP contribution in [0.25, 0.3) is 11.2 Å². The normalized spacial score (nSPS) is 23.9. The van der Waals surface area contributed by atoms with E-state index in [-0.39, 0.29) is 22.6 Å². The molecule has 1 fully saturated rings. The van der Waals surface area contributed by atoms with Gasteiger partial charge in [-0.2, -0.15) is 0 Å². The highest BCUT2D eigenvalue weighted by Crippen LogP contribution is 2.55. The van der Waals surface area contributed by atoms with Gasteiger partial charge >= 0.3 is 15.2 Å². The summed E-state index contributed by atoms with van der Waals surface area (Å²) in [5, 5.41) is 29.0. The minimum atomic E-state index is -4.85. The molecular weight excluding hydrogens is 570 g/mol. The summed E-state index contributed by atoms with van der Waals surface area (Å²) < 4.78 is 57.3. The maximum atomic E-state index is 11.9. The van der Waals surface area contributed by atoms with E-state index < -0.39 is 62.3 Å². The molecule has 0 saturated carbocycles. The summed E-state index contributed by atoms with van der Waals surface area (Å²) in [5.74, 6) is -1.11. The molecule has 3 aromatic rings. The third kappa shape index (κ3) is 6.62. The van der Waals surface area contributed by atoms with Crippen LogP contribution in [0.15, 0.2) is 41.8 Å². The number of primary sulfonamides is 1. The first-order chi connectivity index (χ1) is 17.6. The first-order valence-corrected chi connectivity index (χ1v) is 15.8. The second-order valence-electron chi connectivity index (χ2n) is 8.37. The number of nitrogens with zero attached hydrogens (tertiary/aromatic N) is 4. The molecule has 0 bridgehead atoms. The summed E-state index contributed by atoms with van der Waals surface area (Å²) in [6, 6.07) is 5.87. The molecule has 8 N–H and O–H groups in total. The highest BCUT2D eigenvalue weighted by Gasteiger charge is 2.45. The van der Waals surface area contributed by atoms with Crippen molar-refractivity contribution >= 4 is 42.2 Å². The van der Waals surface area contributed by atoms with Crippen LogP contribution in [-0.4, -0.2) is 83.7 Å². The van der Waals surface area contributed by atoms with Crippen LogP contribution in [0.1, 0.15) is 11.8 Å². The molecule has 1 aromatic carbocycles. The van der Waals surface area contributed by atoms with Crippen molar-refractivity contribution in [3.05, 3.63) is 42.5 Å². The smallest absolute Gasteiger partial charge is 0.340 e. The quantitative estimate of drug-likeness (QED) is 0.139. The van der Waals surface area contributed by atoms with E-state index in [4.69, 9.17) is 24.2 Å². The first kappa shape index (κ1) is 28.7. The van der Waals surface area contributed by atoms with E-state index in [0.29, 0.717) is 11.4 Å². The fourth-order valence-electron chi connectivity index (χ4n) is 3.71. The van der Waals surface area contributed by atoms with E-state index in [0.717, 1.165) is 0 Å². The Morgan fingerprint density at radius 2 is 1.76 bits per heavy atom. The first-order valence-electron chi connectivity index (χ1n) is 10.7. The van der Waals surface area contributed by atoms with Gasteiger partial charge in [-0.1, -0.05) is 12.1 Å². The van der Waals surface area contributed by atoms with Gasteiger partial charge in [-0.05, 0) is 17.7 Å². The number of fused-ring (bicyclic) bond motifs is 1. The molecule has 0 radical (unpaired) electrons. The SMILES string of the molecule is NS(=O)(=O)c1ccc(CNc2ncnc3c2ncn3[C@@H]2O[C@H](COP(=O)(O)CP(=O)(O)O)[C@@H](O)[C@H]2O)cc1. The van der Waals surface area contributed by atoms with E-state index in [1.807, 2.05) is 0 Å². The van der Waals surface area contributed by atoms with Gasteiger partial charge in [0, 0.05) is 6.54 Å². The summed E-state index contributed by atoms with van der Waals surface area (Å²) in [7, 11) is -13.4. The molecule has 2 aromatic heterocycles. The zero-order chi connectivity index (χ0) is 27.9. The number of nitrogens with two attached hydrogens (primary N) is 1. The Hall–Kier alpha value is -2.34. The van der Waals surface area contributed by atoms with Crippen molar-refractivity contribution in [1.82, 2.24) is 19.5 Å². The van der Waals surface area contributed by atoms with Gasteiger partial charge < -0.3 is 39.5 Å². The molecule has 1 saturated heterocycles. The van der Waals surface area contributed by atoms with E-state index in [2.05, 4.69) is 20.3 Å². The molecule has 4 rings (SSSR count). The number of nitrogens with one attached hydrogen (secondary N) is 1. The largest absolute Gasteiger partial charge is 0.387 e. The molecule has 20 heteroatoms. The Balaban J connectivity index is 1.47. The van der Waals surface area contributed by atoms with Gasteiger partial charge in [-0.15, -0.1) is 0 Å². The second kappa shape index (κ2) is 10.7. The van der Waals surface area contributed by atoms with Gasteiger partial charge in [-0.25, -0.2) is 28.5 Å². The Bertz CT molecular complexity index is 1510. The minimum Gasteiger partial charge on any atom is -0.387 e. The summed E-state index contributed by atoms with van der Waals surface area (Å²) in [6.07, 6.45) is -3.17. The van der Waals surface area contributed by atoms with Gasteiger partial charge in [-0.3, -0.25) is 13.7 Å². The van der Waals surface area contributed by atoms with Crippen LogP contribution in [0.5, 0.6) is 0 Å². The molecule has 0 aliphatic carbocycles. The van der Waals surface area contributed by atoms with Gasteiger partial charge in [0.15, 0.2) is 29.1 Å². The molecule has 38 heavy (non-hydrogen) atoms. The Labute approximate surface area is 215 Å². The standard InChI is InChI=1S/C18H24N6O11P2S/c19-38(32,33)11-3-1-10(2-4-11)5-20-16-13-17(22-7-21-16)24(8-23-13)18-15(26)14(25)12(35-18)6-34-37(30,31)9-36(27,28)29/h1-4,7-8,12,14-15,18,25-26H,5-6,9H2,(H,30,31)(H2,19,32,33)(H,20,21,22)(H2,27,28,29)/t12-,14-,15-,18-/m1/s1. The van der Waals surface area contributed by atoms with Crippen LogP contribution in [-0.2, 0) is 35.0 Å². The van der Waals surface area contributed by atoms with Crippen LogP contribution >= 0.6 is 15.2 Å². The number of hydrogen-bond donors (Lipinski definition) is 7. The lowest BCUT2D eigenvalue weighted by Gasteiger charge is -2.18. The van der Waals surface area contributed by atoms with Crippen molar-refractivity contribution in [2.45, 2.75) is 36.0 Å². The van der Waals surface area contributed by atoms with Crippen molar-refractivity contribution in [1.29, 1.82) is 0 Å². The van der Waals surface area contributed by atoms with E-state index >= 15 is 0 Å². The third-order valence-electron chi connectivity index (χ3n) is 5.49. The molecule has 208 valence electrons. The third-order valence-corrected chi connectivity index (χ3v) is 9.87. The highest BCUT2D eigenvalue weighted by molar-refractivity contribution is 7.89. The minimum absolute atomic E-state index is 0.0333. The number of aliphatic hydroxyl groups is 2. The zero-order valence-electron chi connectivity index (χ0n) is 19.2. The van der Waals surface area contributed by atoms with Crippen molar-refractivity contribution in [3.63, 3.8) is 0 Å². The predicted octanol–water partition coefficient (Wildman–Crippen LogP) is -0.958. The molecule has 3 heterocycles. The topological polar surface area (TPSA) is 270 Å². The van der Waals surface area contributed by atoms with Crippen LogP contribution in [0.3, 0.4) is 0 Å². The summed E-state index contributed by atoms with van der Waals surface area (Å²) in [4.78, 5) is 39.9. The molecule has 1 unspecified atom stereocenters. The Kier molecular flexibility index (Phi) is 8.05.